The Balaban J connectivity index is 0.000000437. The Morgan fingerprint density at radius 2 is 2.06 bits per heavy atom. The fourth-order valence-corrected chi connectivity index (χ4v) is 1.24. The number of rotatable bonds is 4. The van der Waals surface area contributed by atoms with Crippen molar-refractivity contribution in [2.45, 2.75) is 18.7 Å². The maximum atomic E-state index is 12.8. The average Bonchev–Trinajstić information content (AvgIpc) is 2.28. The first-order valence-electron chi connectivity index (χ1n) is 5.05. The highest BCUT2D eigenvalue weighted by atomic mass is 35.5. The number of halogens is 2. The molecule has 0 spiro atoms. The Hall–Kier alpha value is -0.780. The Bertz CT molecular complexity index is 362. The van der Waals surface area contributed by atoms with Crippen LogP contribution in [0, 0.1) is 5.82 Å². The van der Waals surface area contributed by atoms with E-state index in [-0.39, 0.29) is 17.2 Å². The second-order valence-electron chi connectivity index (χ2n) is 2.91. The SMILES string of the molecule is CCNCC.O=COc1cc(S)c(Cl)cc1F. The highest BCUT2D eigenvalue weighted by molar-refractivity contribution is 7.80. The summed E-state index contributed by atoms with van der Waals surface area (Å²) in [6, 6.07) is 2.26. The van der Waals surface area contributed by atoms with E-state index in [1.807, 2.05) is 0 Å². The first-order chi connectivity index (χ1) is 8.06. The van der Waals surface area contributed by atoms with Gasteiger partial charge in [-0.2, -0.15) is 0 Å². The molecule has 96 valence electrons. The van der Waals surface area contributed by atoms with Crippen molar-refractivity contribution in [2.24, 2.45) is 0 Å². The van der Waals surface area contributed by atoms with Crippen LogP contribution in [0.15, 0.2) is 17.0 Å². The molecule has 0 aromatic heterocycles. The molecular formula is C11H15ClFNO2S. The number of carbonyl (C=O) groups is 1. The van der Waals surface area contributed by atoms with Crippen LogP contribution in [-0.4, -0.2) is 19.6 Å². The van der Waals surface area contributed by atoms with Gasteiger partial charge in [0.05, 0.1) is 5.02 Å². The largest absolute Gasteiger partial charge is 0.426 e. The number of benzene rings is 1. The van der Waals surface area contributed by atoms with E-state index < -0.39 is 5.82 Å². The second-order valence-corrected chi connectivity index (χ2v) is 3.79. The molecule has 0 aliphatic rings. The van der Waals surface area contributed by atoms with Crippen molar-refractivity contribution in [1.29, 1.82) is 0 Å². The molecule has 1 aromatic carbocycles. The molecule has 0 heterocycles. The maximum Gasteiger partial charge on any atom is 0.298 e. The van der Waals surface area contributed by atoms with E-state index >= 15 is 0 Å². The topological polar surface area (TPSA) is 38.3 Å². The van der Waals surface area contributed by atoms with Gasteiger partial charge in [-0.25, -0.2) is 4.39 Å². The molecule has 17 heavy (non-hydrogen) atoms. The van der Waals surface area contributed by atoms with Crippen molar-refractivity contribution in [3.63, 3.8) is 0 Å². The summed E-state index contributed by atoms with van der Waals surface area (Å²) < 4.78 is 17.1. The molecule has 0 radical (unpaired) electrons. The van der Waals surface area contributed by atoms with Gasteiger partial charge in [-0.15, -0.1) is 12.6 Å². The van der Waals surface area contributed by atoms with E-state index in [9.17, 15) is 9.18 Å². The first kappa shape index (κ1) is 16.2. The van der Waals surface area contributed by atoms with Crippen LogP contribution in [0.3, 0.4) is 0 Å². The molecule has 3 nitrogen and oxygen atoms in total. The molecule has 0 saturated carbocycles. The normalized spacial score (nSPS) is 9.24. The smallest absolute Gasteiger partial charge is 0.298 e. The molecule has 0 fully saturated rings. The van der Waals surface area contributed by atoms with Crippen molar-refractivity contribution < 1.29 is 13.9 Å². The molecule has 1 N–H and O–H groups in total. The minimum Gasteiger partial charge on any atom is -0.426 e. The maximum absolute atomic E-state index is 12.8. The van der Waals surface area contributed by atoms with Gasteiger partial charge in [-0.05, 0) is 25.2 Å². The average molecular weight is 280 g/mol. The van der Waals surface area contributed by atoms with Gasteiger partial charge in [0.2, 0.25) is 0 Å². The Labute approximate surface area is 111 Å². The van der Waals surface area contributed by atoms with Crippen LogP contribution in [0.1, 0.15) is 13.8 Å². The molecule has 0 bridgehead atoms. The third-order valence-corrected chi connectivity index (χ3v) is 2.49. The quantitative estimate of drug-likeness (QED) is 0.657. The van der Waals surface area contributed by atoms with Crippen molar-refractivity contribution in [3.8, 4) is 5.75 Å². The molecule has 1 aromatic rings. The zero-order chi connectivity index (χ0) is 13.3. The summed E-state index contributed by atoms with van der Waals surface area (Å²) in [5, 5.41) is 3.29. The molecule has 0 aliphatic carbocycles. The van der Waals surface area contributed by atoms with Gasteiger partial charge in [-0.3, -0.25) is 4.79 Å². The van der Waals surface area contributed by atoms with Crippen LogP contribution in [0.4, 0.5) is 4.39 Å². The van der Waals surface area contributed by atoms with Crippen molar-refractivity contribution in [3.05, 3.63) is 23.0 Å². The second kappa shape index (κ2) is 9.27. The van der Waals surface area contributed by atoms with Crippen molar-refractivity contribution in [2.75, 3.05) is 13.1 Å². The lowest BCUT2D eigenvalue weighted by Gasteiger charge is -2.01. The summed E-state index contributed by atoms with van der Waals surface area (Å²) in [4.78, 5) is 10.2. The highest BCUT2D eigenvalue weighted by Crippen LogP contribution is 2.27. The van der Waals surface area contributed by atoms with Gasteiger partial charge in [0.25, 0.3) is 6.47 Å². The molecule has 0 amide bonds. The molecule has 6 heteroatoms. The van der Waals surface area contributed by atoms with Crippen LogP contribution in [0.5, 0.6) is 5.75 Å². The number of carbonyl (C=O) groups excluding carboxylic acids is 1. The van der Waals surface area contributed by atoms with Crippen LogP contribution in [0.25, 0.3) is 0 Å². The van der Waals surface area contributed by atoms with Crippen LogP contribution >= 0.6 is 24.2 Å². The van der Waals surface area contributed by atoms with Crippen LogP contribution in [-0.2, 0) is 4.79 Å². The minimum absolute atomic E-state index is 0.138. The number of hydrogen-bond donors (Lipinski definition) is 2. The van der Waals surface area contributed by atoms with Crippen LogP contribution < -0.4 is 10.1 Å². The number of nitrogens with one attached hydrogen (secondary N) is 1. The minimum atomic E-state index is -0.690. The zero-order valence-electron chi connectivity index (χ0n) is 9.67. The number of thiol groups is 1. The van der Waals surface area contributed by atoms with E-state index in [2.05, 4.69) is 36.5 Å². The molecule has 0 atom stereocenters. The Morgan fingerprint density at radius 1 is 1.47 bits per heavy atom. The van der Waals surface area contributed by atoms with E-state index in [0.29, 0.717) is 4.90 Å². The predicted molar refractivity (Wildman–Crippen MR) is 69.6 cm³/mol. The summed E-state index contributed by atoms with van der Waals surface area (Å²) in [7, 11) is 0. The summed E-state index contributed by atoms with van der Waals surface area (Å²) in [5.41, 5.74) is 0. The summed E-state index contributed by atoms with van der Waals surface area (Å²) in [6.07, 6.45) is 0. The van der Waals surface area contributed by atoms with E-state index in [1.54, 1.807) is 0 Å². The van der Waals surface area contributed by atoms with Crippen LogP contribution in [0.2, 0.25) is 5.02 Å². The fraction of sp³-hybridized carbons (Fsp3) is 0.364. The summed E-state index contributed by atoms with van der Waals surface area (Å²) in [6.45, 7) is 6.53. The highest BCUT2D eigenvalue weighted by Gasteiger charge is 2.06. The number of ether oxygens (including phenoxy) is 1. The number of hydrogen-bond acceptors (Lipinski definition) is 4. The predicted octanol–water partition coefficient (Wildman–Crippen LogP) is 2.92. The molecular weight excluding hydrogens is 265 g/mol. The molecule has 0 unspecified atom stereocenters. The lowest BCUT2D eigenvalue weighted by molar-refractivity contribution is -0.120. The monoisotopic (exact) mass is 279 g/mol. The third-order valence-electron chi connectivity index (χ3n) is 1.68. The third kappa shape index (κ3) is 6.51. The van der Waals surface area contributed by atoms with E-state index in [4.69, 9.17) is 11.6 Å². The van der Waals surface area contributed by atoms with Crippen molar-refractivity contribution >= 4 is 30.7 Å². The zero-order valence-corrected chi connectivity index (χ0v) is 11.3. The molecule has 0 saturated heterocycles. The van der Waals surface area contributed by atoms with E-state index in [0.717, 1.165) is 19.2 Å². The standard InChI is InChI=1S/C7H4ClFO2S.C4H11N/c8-4-1-5(9)6(11-3-10)2-7(4)12;1-3-5-4-2/h1-3,12H;5H,3-4H2,1-2H3. The Morgan fingerprint density at radius 3 is 2.47 bits per heavy atom. The van der Waals surface area contributed by atoms with E-state index in [1.165, 1.54) is 6.07 Å². The Kier molecular flexibility index (Phi) is 8.85. The lowest BCUT2D eigenvalue weighted by atomic mass is 10.3. The lowest BCUT2D eigenvalue weighted by Crippen LogP contribution is -2.09. The van der Waals surface area contributed by atoms with Crippen molar-refractivity contribution in [1.82, 2.24) is 5.32 Å². The summed E-state index contributed by atoms with van der Waals surface area (Å²) in [5.74, 6) is -0.871. The fourth-order valence-electron chi connectivity index (χ4n) is 0.911. The van der Waals surface area contributed by atoms with Gasteiger partial charge >= 0.3 is 0 Å². The van der Waals surface area contributed by atoms with Gasteiger partial charge in [0.1, 0.15) is 0 Å². The van der Waals surface area contributed by atoms with Gasteiger partial charge < -0.3 is 10.1 Å². The molecule has 0 aliphatic heterocycles. The van der Waals surface area contributed by atoms with Gasteiger partial charge in [-0.1, -0.05) is 25.4 Å². The van der Waals surface area contributed by atoms with Gasteiger partial charge in [0.15, 0.2) is 11.6 Å². The van der Waals surface area contributed by atoms with Gasteiger partial charge in [0, 0.05) is 4.90 Å². The molecule has 1 rings (SSSR count). The first-order valence-corrected chi connectivity index (χ1v) is 5.88. The summed E-state index contributed by atoms with van der Waals surface area (Å²) >= 11 is 9.44.